The summed E-state index contributed by atoms with van der Waals surface area (Å²) >= 11 is 12.7. The van der Waals surface area contributed by atoms with Crippen molar-refractivity contribution in [1.29, 1.82) is 0 Å². The summed E-state index contributed by atoms with van der Waals surface area (Å²) in [5, 5.41) is 4.59. The summed E-state index contributed by atoms with van der Waals surface area (Å²) in [7, 11) is 0. The van der Waals surface area contributed by atoms with Gasteiger partial charge in [0.2, 0.25) is 0 Å². The number of hydrogen-bond donors (Lipinski definition) is 1. The highest BCUT2D eigenvalue weighted by atomic mass is 35.5. The monoisotopic (exact) mass is 522 g/mol. The van der Waals surface area contributed by atoms with Crippen molar-refractivity contribution in [1.82, 2.24) is 5.32 Å². The molecule has 0 fully saturated rings. The number of halogens is 2. The number of rotatable bonds is 12. The Hall–Kier alpha value is -2.81. The quantitative estimate of drug-likeness (QED) is 0.165. The minimum absolute atomic E-state index is 0.595. The van der Waals surface area contributed by atoms with Gasteiger partial charge >= 0.3 is 0 Å². The highest BCUT2D eigenvalue weighted by Crippen LogP contribution is 2.29. The molecule has 1 aliphatic carbocycles. The van der Waals surface area contributed by atoms with Gasteiger partial charge in [-0.1, -0.05) is 130 Å². The third-order valence-electron chi connectivity index (χ3n) is 5.02. The second kappa shape index (κ2) is 19.4. The zero-order valence-corrected chi connectivity index (χ0v) is 23.6. The van der Waals surface area contributed by atoms with Crippen molar-refractivity contribution >= 4 is 41.1 Å². The summed E-state index contributed by atoms with van der Waals surface area (Å²) in [4.78, 5) is 4.71. The molecular weight excluding hydrogens is 483 g/mol. The van der Waals surface area contributed by atoms with E-state index in [0.717, 1.165) is 48.2 Å². The molecule has 0 bridgehead atoms. The lowest BCUT2D eigenvalue weighted by Gasteiger charge is -2.08. The maximum absolute atomic E-state index is 6.51. The molecule has 1 aliphatic rings. The number of unbranched alkanes of at least 4 members (excludes halogenated alkanes) is 1. The maximum Gasteiger partial charge on any atom is 0.0866 e. The van der Waals surface area contributed by atoms with E-state index >= 15 is 0 Å². The van der Waals surface area contributed by atoms with Crippen LogP contribution in [0.15, 0.2) is 112 Å². The zero-order chi connectivity index (χ0) is 26.6. The van der Waals surface area contributed by atoms with Crippen LogP contribution in [0.2, 0.25) is 0 Å². The Labute approximate surface area is 228 Å². The Morgan fingerprint density at radius 1 is 1.14 bits per heavy atom. The van der Waals surface area contributed by atoms with Gasteiger partial charge in [0.05, 0.1) is 10.7 Å². The lowest BCUT2D eigenvalue weighted by Crippen LogP contribution is -2.08. The fourth-order valence-electron chi connectivity index (χ4n) is 3.26. The van der Waals surface area contributed by atoms with Gasteiger partial charge in [0.25, 0.3) is 0 Å². The molecule has 1 N–H and O–H groups in total. The normalized spacial score (nSPS) is 14.8. The van der Waals surface area contributed by atoms with E-state index in [-0.39, 0.29) is 0 Å². The molecule has 1 aromatic carbocycles. The Balaban J connectivity index is 0.00000316. The molecule has 192 valence electrons. The molecule has 1 aromatic rings. The first-order valence-electron chi connectivity index (χ1n) is 12.7. The van der Waals surface area contributed by atoms with Crippen molar-refractivity contribution in [3.8, 4) is 0 Å². The summed E-state index contributed by atoms with van der Waals surface area (Å²) in [6.45, 7) is 12.9. The van der Waals surface area contributed by atoms with Crippen LogP contribution in [0.25, 0.3) is 11.6 Å². The third-order valence-corrected chi connectivity index (χ3v) is 5.59. The van der Waals surface area contributed by atoms with Gasteiger partial charge in [-0.2, -0.15) is 0 Å². The van der Waals surface area contributed by atoms with E-state index in [0.29, 0.717) is 16.5 Å². The molecule has 0 saturated heterocycles. The van der Waals surface area contributed by atoms with Crippen LogP contribution in [0.3, 0.4) is 0 Å². The lowest BCUT2D eigenvalue weighted by atomic mass is 10.0. The number of aliphatic imine (C=N–C) groups is 1. The first kappa shape index (κ1) is 31.2. The SMILES string of the molecule is C=C/C=C(\C=C/C)c1ccc(C=CCC=N/C(=C\NCCCC)C2=CCC=C(Cl)C=C2Cl)cc1.CC. The lowest BCUT2D eigenvalue weighted by molar-refractivity contribution is 0.732. The van der Waals surface area contributed by atoms with Crippen molar-refractivity contribution in [2.75, 3.05) is 6.54 Å². The van der Waals surface area contributed by atoms with Crippen LogP contribution in [0.1, 0.15) is 64.5 Å². The van der Waals surface area contributed by atoms with Crippen LogP contribution in [0, 0.1) is 0 Å². The standard InChI is InChI=1S/C30H34Cl2N2.C2H6/c1-4-7-20-33-23-30(28-15-10-14-27(31)22-29(28)32)34-21-9-8-13-24-16-18-26(19-17-24)25(11-5-2)12-6-3;1-2/h5-6,8,11-19,21-23,33H,2,4,7,9-10,20H2,1,3H3;1-2H3/b12-6-,13-8?,25-11+,30-23-,34-21?;. The minimum atomic E-state index is 0.595. The summed E-state index contributed by atoms with van der Waals surface area (Å²) < 4.78 is 0. The predicted octanol–water partition coefficient (Wildman–Crippen LogP) is 10.1. The molecule has 0 radical (unpaired) electrons. The molecule has 0 aromatic heterocycles. The van der Waals surface area contributed by atoms with E-state index in [1.54, 1.807) is 6.08 Å². The van der Waals surface area contributed by atoms with Crippen LogP contribution in [-0.2, 0) is 0 Å². The van der Waals surface area contributed by atoms with E-state index in [4.69, 9.17) is 28.2 Å². The fraction of sp³-hybridized carbons (Fsp3) is 0.281. The highest BCUT2D eigenvalue weighted by Gasteiger charge is 2.10. The summed E-state index contributed by atoms with van der Waals surface area (Å²) in [5.41, 5.74) is 5.14. The van der Waals surface area contributed by atoms with E-state index < -0.39 is 0 Å². The average molecular weight is 524 g/mol. The maximum atomic E-state index is 6.51. The van der Waals surface area contributed by atoms with Crippen LogP contribution in [0.4, 0.5) is 0 Å². The van der Waals surface area contributed by atoms with E-state index in [1.165, 1.54) is 5.56 Å². The second-order valence-electron chi connectivity index (χ2n) is 7.70. The largest absolute Gasteiger partial charge is 0.389 e. The van der Waals surface area contributed by atoms with Gasteiger partial charge in [-0.3, -0.25) is 4.99 Å². The van der Waals surface area contributed by atoms with Crippen molar-refractivity contribution in [2.45, 2.75) is 53.4 Å². The molecule has 0 aliphatic heterocycles. The summed E-state index contributed by atoms with van der Waals surface area (Å²) in [5.74, 6) is 0. The summed E-state index contributed by atoms with van der Waals surface area (Å²) in [6.07, 6.45) is 25.4. The third kappa shape index (κ3) is 11.7. The Bertz CT molecular complexity index is 1050. The molecule has 2 rings (SSSR count). The van der Waals surface area contributed by atoms with E-state index in [1.807, 2.05) is 57.5 Å². The molecule has 0 spiro atoms. The second-order valence-corrected chi connectivity index (χ2v) is 8.55. The van der Waals surface area contributed by atoms with Gasteiger partial charge in [-0.25, -0.2) is 0 Å². The smallest absolute Gasteiger partial charge is 0.0866 e. The molecule has 0 atom stereocenters. The zero-order valence-electron chi connectivity index (χ0n) is 22.1. The van der Waals surface area contributed by atoms with E-state index in [9.17, 15) is 0 Å². The van der Waals surface area contributed by atoms with Gasteiger partial charge in [-0.05, 0) is 42.5 Å². The summed E-state index contributed by atoms with van der Waals surface area (Å²) in [6, 6.07) is 8.48. The molecule has 0 amide bonds. The van der Waals surface area contributed by atoms with Crippen molar-refractivity contribution < 1.29 is 0 Å². The fourth-order valence-corrected chi connectivity index (χ4v) is 3.81. The van der Waals surface area contributed by atoms with Gasteiger partial charge in [0.1, 0.15) is 0 Å². The Morgan fingerprint density at radius 3 is 2.56 bits per heavy atom. The van der Waals surface area contributed by atoms with Crippen LogP contribution >= 0.6 is 23.2 Å². The molecule has 0 unspecified atom stereocenters. The Morgan fingerprint density at radius 2 is 1.89 bits per heavy atom. The molecule has 2 nitrogen and oxygen atoms in total. The number of nitrogens with one attached hydrogen (secondary N) is 1. The molecule has 36 heavy (non-hydrogen) atoms. The molecule has 0 heterocycles. The number of hydrogen-bond acceptors (Lipinski definition) is 2. The topological polar surface area (TPSA) is 24.4 Å². The van der Waals surface area contributed by atoms with Gasteiger partial charge in [0, 0.05) is 36.0 Å². The molecular formula is C32H40Cl2N2. The van der Waals surface area contributed by atoms with Gasteiger partial charge in [-0.15, -0.1) is 0 Å². The van der Waals surface area contributed by atoms with Gasteiger partial charge < -0.3 is 5.32 Å². The first-order valence-corrected chi connectivity index (χ1v) is 13.5. The average Bonchev–Trinajstić information content (AvgIpc) is 3.06. The minimum Gasteiger partial charge on any atom is -0.389 e. The van der Waals surface area contributed by atoms with E-state index in [2.05, 4.69) is 67.4 Å². The van der Waals surface area contributed by atoms with Crippen molar-refractivity contribution in [3.05, 3.63) is 118 Å². The number of nitrogens with zero attached hydrogens (tertiary/aromatic N) is 1. The van der Waals surface area contributed by atoms with Crippen LogP contribution < -0.4 is 5.32 Å². The van der Waals surface area contributed by atoms with Gasteiger partial charge in [0.15, 0.2) is 0 Å². The van der Waals surface area contributed by atoms with Crippen molar-refractivity contribution in [3.63, 3.8) is 0 Å². The van der Waals surface area contributed by atoms with Crippen molar-refractivity contribution in [2.24, 2.45) is 4.99 Å². The molecule has 0 saturated carbocycles. The van der Waals surface area contributed by atoms with Crippen LogP contribution in [0.5, 0.6) is 0 Å². The first-order chi connectivity index (χ1) is 17.6. The predicted molar refractivity (Wildman–Crippen MR) is 164 cm³/mol. The number of allylic oxidation sites excluding steroid dienone is 11. The van der Waals surface area contributed by atoms with Crippen LogP contribution in [-0.4, -0.2) is 12.8 Å². The number of benzene rings is 1. The molecule has 4 heteroatoms. The Kier molecular flexibility index (Phi) is 16.8. The highest BCUT2D eigenvalue weighted by molar-refractivity contribution is 6.36.